The minimum atomic E-state index is -1.28. The molecule has 10 aliphatic rings. The fraction of sp³-hybridized carbons (Fsp3) is 0.630. The van der Waals surface area contributed by atoms with E-state index in [1.165, 1.54) is 48.3 Å². The number of carbonyl (C=O) groups excluding carboxylic acids is 8. The van der Waals surface area contributed by atoms with Crippen molar-refractivity contribution in [1.82, 2.24) is 39.5 Å². The summed E-state index contributed by atoms with van der Waals surface area (Å²) in [6.07, 6.45) is 10.5. The van der Waals surface area contributed by atoms with Gasteiger partial charge in [-0.05, 0) is 177 Å². The smallest absolute Gasteiger partial charge is 1.00 e. The quantitative estimate of drug-likeness (QED) is 0.00548. The predicted molar refractivity (Wildman–Crippen MR) is 510 cm³/mol. The van der Waals surface area contributed by atoms with Gasteiger partial charge in [0.05, 0.1) is 117 Å². The number of aliphatic carboxylic acids is 1. The largest absolute Gasteiger partial charge is 1.00 e. The maximum absolute atomic E-state index is 14.9. The van der Waals surface area contributed by atoms with Crippen LogP contribution >= 0.6 is 39.1 Å². The van der Waals surface area contributed by atoms with Gasteiger partial charge in [-0.1, -0.05) is 92.8 Å². The maximum Gasteiger partial charge on any atom is 1.00 e. The monoisotopic (exact) mass is 2260 g/mol. The molecule has 16 atom stereocenters. The van der Waals surface area contributed by atoms with E-state index in [0.717, 1.165) is 63.9 Å². The zero-order valence-electron chi connectivity index (χ0n) is 83.6. The van der Waals surface area contributed by atoms with E-state index in [0.29, 0.717) is 125 Å². The summed E-state index contributed by atoms with van der Waals surface area (Å²) in [5.74, 6) is -2.58. The number of nitrogens with one attached hydrogen (secondary N) is 2. The third kappa shape index (κ3) is 27.4. The molecule has 16 rings (SSSR count). The van der Waals surface area contributed by atoms with Crippen LogP contribution in [0, 0.1) is 69.0 Å². The molecular weight excluding hydrogens is 2130 g/mol. The molecule has 4 aromatic heterocycles. The van der Waals surface area contributed by atoms with Crippen LogP contribution in [0.5, 0.6) is 23.0 Å². The van der Waals surface area contributed by atoms with Crippen LogP contribution in [0.25, 0.3) is 44.6 Å². The summed E-state index contributed by atoms with van der Waals surface area (Å²) >= 11 is 17.2. The average molecular weight is 2260 g/mol. The molecule has 4 saturated heterocycles. The van der Waals surface area contributed by atoms with Crippen molar-refractivity contribution in [2.45, 2.75) is 246 Å². The SMILES string of the molecule is C=C[C@@H]1C[C@]1(CC(=O)[C@@H]1CC(Oc2cc(-c3coc(NC(C)C)n3)nc3c(Cl)c(O)ccc23)CN1C(=O)[C@@H](CC(=O)OC1C[C@@H]2C[C@@H]2C1)C(C)(C)C)C(=O)OC.C=C[C@@H]1C[C@]1(CC(=O)[C@@H]1CC(Oc2cc(-c3coc(NC(C)C)n3)nc3c(Cl)c(OCCN4CCOCC4(C)C)ccc23)CN1C(=O)[C@@H](CC(=O)OC1C[C@@H]2C[C@@H]2C1)C(C)(C)C)C(=O)O.CC1(C)COCCN1CCBr.O=CO[O-].[Cs+].[Cs+].[H-]. The molecule has 10 fully saturated rings. The minimum Gasteiger partial charge on any atom is -1.00 e. The Morgan fingerprint density at radius 2 is 1.03 bits per heavy atom. The summed E-state index contributed by atoms with van der Waals surface area (Å²) in [5, 5.41) is 37.9. The Bertz CT molecular complexity index is 5380. The molecule has 6 saturated carbocycles. The summed E-state index contributed by atoms with van der Waals surface area (Å²) in [4.78, 5) is 149. The van der Waals surface area contributed by atoms with E-state index in [4.69, 9.17) is 90.0 Å². The Labute approximate surface area is 944 Å². The van der Waals surface area contributed by atoms with Crippen molar-refractivity contribution in [3.63, 3.8) is 0 Å². The Balaban J connectivity index is 0.000000246. The summed E-state index contributed by atoms with van der Waals surface area (Å²) in [7, 11) is 1.30. The number of halogens is 3. The topological polar surface area (TPSA) is 415 Å². The number of fused-ring (bicyclic) bond motifs is 4. The molecule has 0 radical (unpaired) electrons. The standard InChI is InChI=1S/C49H64ClN5O10.C42H51ClN4O9.C8H16BrNO.CH2O3.2Cs.H/c1-9-30-22-49(30,45(59)60)23-38(56)37-19-32(24-55(37)44(58)34(47(4,5)6)20-41(57)65-31-17-28-16-29(28)18-31)64-40-21-35(36-25-63-46(53-36)51-27(2)3)52-43-33(40)10-11-39(42(43)50)62-15-13-54-12-14-61-26-48(54,7)8;1-8-24-17-42(24,39(52)53-7)18-33(49)31-14-26(19-47(31)38(51)28(41(4,5)6)15-35(50)56-25-12-22-11-23(22)13-25)55-34-16-29(30-20-54-40(46-30)44-21(2)3)45-37-27(34)9-10-32(48)36(37)43;1-8(2)7-11-6-5-10(8)4-3-9;2-1-4-3;;;/h9-11,21,25,27-32,34,37H,1,12-20,22-24,26H2,2-8H3,(H,51,53)(H,59,60);8-10,16,20-26,28,31,48H,1,11-15,17-19H2,2-7H3,(H,44,46);3-7H2,1-2H3;1,3H;;;/q;;;;2*+1;-1/p-1/t28-,29+,30-,31?,32?,34-,37+,49-;22-,23+,24-,25?,26?,28-,31+,42-;;;;;/m11...../s1. The van der Waals surface area contributed by atoms with Crippen molar-refractivity contribution in [3.05, 3.63) is 84.3 Å². The molecular formula is C100H133BrCl2Cs2N10O23. The van der Waals surface area contributed by atoms with Gasteiger partial charge in [-0.3, -0.25) is 53.0 Å². The van der Waals surface area contributed by atoms with Crippen LogP contribution in [-0.2, 0) is 71.7 Å². The number of aromatic hydroxyl groups is 1. The van der Waals surface area contributed by atoms with Gasteiger partial charge in [0.1, 0.15) is 88.0 Å². The number of Topliss-reactive ketones (excluding diaryl/α,β-unsaturated/α-hetero) is 2. The molecule has 38 heteroatoms. The first kappa shape index (κ1) is 113. The molecule has 6 aliphatic carbocycles. The van der Waals surface area contributed by atoms with Gasteiger partial charge in [0.25, 0.3) is 18.5 Å². The number of anilines is 2. The number of likely N-dealkylation sites (tertiary alicyclic amines) is 2. The number of alkyl halides is 1. The number of benzene rings is 2. The first-order chi connectivity index (χ1) is 64.3. The van der Waals surface area contributed by atoms with E-state index in [-0.39, 0.29) is 296 Å². The normalized spacial score (nSPS) is 26.2. The molecule has 2 aromatic carbocycles. The molecule has 744 valence electrons. The summed E-state index contributed by atoms with van der Waals surface area (Å²) < 4.78 is 59.2. The van der Waals surface area contributed by atoms with Gasteiger partial charge in [-0.25, -0.2) is 9.97 Å². The van der Waals surface area contributed by atoms with Gasteiger partial charge < -0.3 is 88.9 Å². The number of amides is 2. The number of carboxylic acids is 1. The van der Waals surface area contributed by atoms with Crippen molar-refractivity contribution in [1.29, 1.82) is 0 Å². The number of pyridine rings is 2. The first-order valence-electron chi connectivity index (χ1n) is 47.3. The number of allylic oxidation sites excluding steroid dienone is 2. The van der Waals surface area contributed by atoms with Crippen LogP contribution in [0.4, 0.5) is 12.0 Å². The number of phenolic OH excluding ortho intramolecular Hbond substituents is 1. The second-order valence-corrected chi connectivity index (χ2v) is 43.6. The summed E-state index contributed by atoms with van der Waals surface area (Å²) in [6.45, 7) is 42.5. The van der Waals surface area contributed by atoms with Gasteiger partial charge in [0, 0.05) is 103 Å². The van der Waals surface area contributed by atoms with Crippen molar-refractivity contribution < 1.29 is 249 Å². The van der Waals surface area contributed by atoms with E-state index in [1.807, 2.05) is 75.3 Å². The molecule has 6 aromatic rings. The van der Waals surface area contributed by atoms with E-state index in [9.17, 15) is 48.6 Å². The van der Waals surface area contributed by atoms with E-state index in [1.54, 1.807) is 36.4 Å². The number of oxazole rings is 2. The second-order valence-electron chi connectivity index (χ2n) is 42.1. The molecule has 2 amide bonds. The molecule has 4 N–H and O–H groups in total. The van der Waals surface area contributed by atoms with E-state index in [2.05, 4.69) is 92.1 Å². The molecule has 33 nitrogen and oxygen atoms in total. The second kappa shape index (κ2) is 47.8. The van der Waals surface area contributed by atoms with E-state index < -0.39 is 81.7 Å². The van der Waals surface area contributed by atoms with Gasteiger partial charge in [0.15, 0.2) is 11.6 Å². The number of hydrogen-bond donors (Lipinski definition) is 4. The van der Waals surface area contributed by atoms with Crippen molar-refractivity contribution in [3.8, 4) is 45.8 Å². The van der Waals surface area contributed by atoms with Crippen molar-refractivity contribution >= 4 is 127 Å². The van der Waals surface area contributed by atoms with Crippen LogP contribution in [-0.4, -0.2) is 248 Å². The van der Waals surface area contributed by atoms with E-state index >= 15 is 0 Å². The molecule has 4 unspecified atom stereocenters. The average Bonchev–Trinajstić information content (AvgIpc) is 1.60. The zero-order chi connectivity index (χ0) is 98.6. The Kier molecular flexibility index (Phi) is 39.1. The first-order valence-corrected chi connectivity index (χ1v) is 49.2. The molecule has 138 heavy (non-hydrogen) atoms. The third-order valence-electron chi connectivity index (χ3n) is 28.4. The zero-order valence-corrected chi connectivity index (χ0v) is 98.2. The van der Waals surface area contributed by atoms with Crippen LogP contribution in [0.2, 0.25) is 10.0 Å². The number of carbonyl (C=O) groups is 9. The van der Waals surface area contributed by atoms with Crippen LogP contribution in [0.3, 0.4) is 0 Å². The molecule has 8 heterocycles. The van der Waals surface area contributed by atoms with Gasteiger partial charge in [-0.2, -0.15) is 9.97 Å². The van der Waals surface area contributed by atoms with Crippen LogP contribution in [0.1, 0.15) is 188 Å². The van der Waals surface area contributed by atoms with Crippen LogP contribution < -0.4 is 168 Å². The number of esters is 3. The fourth-order valence-corrected chi connectivity index (χ4v) is 21.1. The Morgan fingerprint density at radius 3 is 1.42 bits per heavy atom. The Morgan fingerprint density at radius 1 is 0.609 bits per heavy atom. The third-order valence-corrected chi connectivity index (χ3v) is 29.5. The number of methoxy groups -OCH3 is 1. The number of aromatic nitrogens is 4. The predicted octanol–water partition coefficient (Wildman–Crippen LogP) is 9.01. The summed E-state index contributed by atoms with van der Waals surface area (Å²) in [6, 6.07) is 8.85. The minimum absolute atomic E-state index is 0. The number of nitrogens with zero attached hydrogens (tertiary/aromatic N) is 8. The van der Waals surface area contributed by atoms with Crippen molar-refractivity contribution in [2.24, 2.45) is 69.0 Å². The number of phenols is 1. The number of morpholine rings is 2. The maximum atomic E-state index is 14.9. The number of ketones is 2. The van der Waals surface area contributed by atoms with Crippen molar-refractivity contribution in [2.75, 3.05) is 95.4 Å². The fourth-order valence-electron chi connectivity index (χ4n) is 20.2. The summed E-state index contributed by atoms with van der Waals surface area (Å²) in [5.41, 5.74) is -1.37. The molecule has 4 aliphatic heterocycles. The van der Waals surface area contributed by atoms with Gasteiger partial charge in [-0.15, -0.1) is 13.2 Å². The number of hydrogen-bond acceptors (Lipinski definition) is 30. The van der Waals surface area contributed by atoms with Crippen LogP contribution in [0.15, 0.2) is 83.1 Å². The Hall–Kier alpha value is -5.45. The number of rotatable bonds is 35. The molecule has 0 spiro atoms. The molecule has 0 bridgehead atoms. The number of ether oxygens (including phenoxy) is 8. The van der Waals surface area contributed by atoms with Gasteiger partial charge in [0.2, 0.25) is 11.8 Å². The van der Waals surface area contributed by atoms with Gasteiger partial charge >= 0.3 is 162 Å². The number of carboxylic acid groups (broad SMARTS) is 1.